The Morgan fingerprint density at radius 3 is 2.00 bits per heavy atom. The van der Waals surface area contributed by atoms with Crippen LogP contribution in [0.5, 0.6) is 0 Å². The number of rotatable bonds is 8. The van der Waals surface area contributed by atoms with E-state index < -0.39 is 10.0 Å². The second-order valence-electron chi connectivity index (χ2n) is 4.50. The lowest BCUT2D eigenvalue weighted by molar-refractivity contribution is 0.296. The van der Waals surface area contributed by atoms with Gasteiger partial charge in [0.05, 0.1) is 5.75 Å². The maximum Gasteiger partial charge on any atom is 0.211 e. The fraction of sp³-hybridized carbons (Fsp3) is 0.571. The smallest absolute Gasteiger partial charge is 0.211 e. The molecule has 0 unspecified atom stereocenters. The fourth-order valence-electron chi connectivity index (χ4n) is 1.76. The largest absolute Gasteiger partial charge is 0.300 e. The topological polar surface area (TPSA) is 49.4 Å². The molecule has 1 N–H and O–H groups in total. The zero-order valence-electron chi connectivity index (χ0n) is 12.0. The molecule has 5 heteroatoms. The summed E-state index contributed by atoms with van der Waals surface area (Å²) >= 11 is 0. The zero-order valence-corrected chi connectivity index (χ0v) is 12.8. The zero-order chi connectivity index (χ0) is 14.3. The molecule has 0 aliphatic rings. The monoisotopic (exact) mass is 284 g/mol. The van der Waals surface area contributed by atoms with E-state index in [1.807, 2.05) is 12.1 Å². The van der Waals surface area contributed by atoms with Crippen molar-refractivity contribution in [2.45, 2.75) is 33.9 Å². The van der Waals surface area contributed by atoms with Crippen LogP contribution < -0.4 is 4.72 Å². The summed E-state index contributed by atoms with van der Waals surface area (Å²) in [5, 5.41) is 0. The quantitative estimate of drug-likeness (QED) is 0.794. The Labute approximate surface area is 116 Å². The second kappa shape index (κ2) is 7.62. The Balaban J connectivity index is 2.57. The highest BCUT2D eigenvalue weighted by Crippen LogP contribution is 2.07. The van der Waals surface area contributed by atoms with Gasteiger partial charge in [0, 0.05) is 13.1 Å². The van der Waals surface area contributed by atoms with Crippen molar-refractivity contribution in [1.29, 1.82) is 0 Å². The molecule has 0 bridgehead atoms. The minimum Gasteiger partial charge on any atom is -0.300 e. The highest BCUT2D eigenvalue weighted by molar-refractivity contribution is 7.89. The first kappa shape index (κ1) is 16.1. The van der Waals surface area contributed by atoms with E-state index in [9.17, 15) is 8.42 Å². The summed E-state index contributed by atoms with van der Waals surface area (Å²) in [4.78, 5) is 2.34. The van der Waals surface area contributed by atoms with Gasteiger partial charge in [0.2, 0.25) is 10.0 Å². The summed E-state index contributed by atoms with van der Waals surface area (Å²) in [6.07, 6.45) is 0. The summed E-state index contributed by atoms with van der Waals surface area (Å²) < 4.78 is 25.3. The maximum atomic E-state index is 11.3. The van der Waals surface area contributed by atoms with Gasteiger partial charge in [0.15, 0.2) is 0 Å². The second-order valence-corrected chi connectivity index (χ2v) is 6.60. The molecule has 0 atom stereocenters. The number of sulfonamides is 1. The van der Waals surface area contributed by atoms with Crippen LogP contribution in [0, 0.1) is 0 Å². The molecule has 4 nitrogen and oxygen atoms in total. The first-order valence-electron chi connectivity index (χ1n) is 6.78. The van der Waals surface area contributed by atoms with Crippen LogP contribution in [-0.2, 0) is 23.1 Å². The third kappa shape index (κ3) is 5.72. The van der Waals surface area contributed by atoms with Gasteiger partial charge in [-0.25, -0.2) is 13.1 Å². The molecule has 0 spiro atoms. The van der Waals surface area contributed by atoms with Gasteiger partial charge in [0.1, 0.15) is 0 Å². The summed E-state index contributed by atoms with van der Waals surface area (Å²) in [6.45, 7) is 9.31. The third-order valence-corrected chi connectivity index (χ3v) is 4.54. The minimum atomic E-state index is -3.11. The van der Waals surface area contributed by atoms with E-state index in [0.29, 0.717) is 6.54 Å². The predicted molar refractivity (Wildman–Crippen MR) is 79.4 cm³/mol. The van der Waals surface area contributed by atoms with Crippen LogP contribution in [0.15, 0.2) is 24.3 Å². The molecule has 0 amide bonds. The van der Waals surface area contributed by atoms with Crippen LogP contribution in [0.1, 0.15) is 31.9 Å². The fourth-order valence-corrected chi connectivity index (χ4v) is 2.35. The van der Waals surface area contributed by atoms with Crippen LogP contribution in [0.2, 0.25) is 0 Å². The highest BCUT2D eigenvalue weighted by atomic mass is 32.2. The van der Waals surface area contributed by atoms with E-state index in [-0.39, 0.29) is 5.75 Å². The lowest BCUT2D eigenvalue weighted by atomic mass is 10.1. The third-order valence-electron chi connectivity index (χ3n) is 3.20. The molecule has 0 heterocycles. The Hall–Kier alpha value is -0.910. The summed E-state index contributed by atoms with van der Waals surface area (Å²) in [5.41, 5.74) is 2.24. The molecule has 1 aromatic rings. The lowest BCUT2D eigenvalue weighted by Crippen LogP contribution is -2.24. The van der Waals surface area contributed by atoms with E-state index in [0.717, 1.165) is 25.2 Å². The van der Waals surface area contributed by atoms with Gasteiger partial charge in [-0.1, -0.05) is 38.1 Å². The van der Waals surface area contributed by atoms with Crippen molar-refractivity contribution < 1.29 is 8.42 Å². The normalized spacial score (nSPS) is 12.0. The first-order chi connectivity index (χ1) is 9.00. The molecule has 1 rings (SSSR count). The molecule has 0 saturated carbocycles. The molecule has 0 radical (unpaired) electrons. The molecule has 0 aromatic heterocycles. The van der Waals surface area contributed by atoms with Crippen LogP contribution in [-0.4, -0.2) is 32.2 Å². The Morgan fingerprint density at radius 1 is 1.00 bits per heavy atom. The molecular weight excluding hydrogens is 260 g/mol. The molecule has 108 valence electrons. The highest BCUT2D eigenvalue weighted by Gasteiger charge is 2.06. The number of benzene rings is 1. The average molecular weight is 284 g/mol. The molecule has 0 aliphatic heterocycles. The van der Waals surface area contributed by atoms with Crippen molar-refractivity contribution in [3.05, 3.63) is 35.4 Å². The van der Waals surface area contributed by atoms with Crippen LogP contribution in [0.25, 0.3) is 0 Å². The van der Waals surface area contributed by atoms with E-state index in [1.54, 1.807) is 6.92 Å². The van der Waals surface area contributed by atoms with Crippen molar-refractivity contribution in [3.63, 3.8) is 0 Å². The van der Waals surface area contributed by atoms with Crippen molar-refractivity contribution in [1.82, 2.24) is 9.62 Å². The van der Waals surface area contributed by atoms with Crippen molar-refractivity contribution in [2.24, 2.45) is 0 Å². The van der Waals surface area contributed by atoms with Gasteiger partial charge < -0.3 is 0 Å². The maximum absolute atomic E-state index is 11.3. The molecule has 0 saturated heterocycles. The minimum absolute atomic E-state index is 0.118. The van der Waals surface area contributed by atoms with Gasteiger partial charge in [-0.15, -0.1) is 0 Å². The number of nitrogens with one attached hydrogen (secondary N) is 1. The molecule has 0 fully saturated rings. The van der Waals surface area contributed by atoms with E-state index in [1.165, 1.54) is 5.56 Å². The average Bonchev–Trinajstić information content (AvgIpc) is 2.44. The Bertz CT molecular complexity index is 465. The molecule has 0 aliphatic carbocycles. The van der Waals surface area contributed by atoms with Crippen LogP contribution >= 0.6 is 0 Å². The van der Waals surface area contributed by atoms with Gasteiger partial charge in [-0.2, -0.15) is 0 Å². The summed E-state index contributed by atoms with van der Waals surface area (Å²) in [6, 6.07) is 8.09. The van der Waals surface area contributed by atoms with Crippen LogP contribution in [0.3, 0.4) is 0 Å². The predicted octanol–water partition coefficient (Wildman–Crippen LogP) is 1.97. The van der Waals surface area contributed by atoms with Crippen LogP contribution in [0.4, 0.5) is 0 Å². The summed E-state index contributed by atoms with van der Waals surface area (Å²) in [5.74, 6) is 0.118. The molecular formula is C14H24N2O2S. The van der Waals surface area contributed by atoms with Crippen molar-refractivity contribution in [2.75, 3.05) is 18.8 Å². The van der Waals surface area contributed by atoms with Gasteiger partial charge in [0.25, 0.3) is 0 Å². The van der Waals surface area contributed by atoms with Gasteiger partial charge >= 0.3 is 0 Å². The van der Waals surface area contributed by atoms with E-state index >= 15 is 0 Å². The number of hydrogen-bond acceptors (Lipinski definition) is 3. The first-order valence-corrected chi connectivity index (χ1v) is 8.43. The van der Waals surface area contributed by atoms with Crippen molar-refractivity contribution >= 4 is 10.0 Å². The van der Waals surface area contributed by atoms with Gasteiger partial charge in [-0.05, 0) is 31.1 Å². The van der Waals surface area contributed by atoms with Gasteiger partial charge in [-0.3, -0.25) is 4.90 Å². The number of nitrogens with zero attached hydrogens (tertiary/aromatic N) is 1. The SMILES string of the molecule is CCN(CC)Cc1ccc(CNS(=O)(=O)CC)cc1. The molecule has 1 aromatic carbocycles. The Morgan fingerprint density at radius 2 is 1.53 bits per heavy atom. The molecule has 19 heavy (non-hydrogen) atoms. The van der Waals surface area contributed by atoms with E-state index in [4.69, 9.17) is 0 Å². The summed E-state index contributed by atoms with van der Waals surface area (Å²) in [7, 11) is -3.11. The standard InChI is InChI=1S/C14H24N2O2S/c1-4-16(5-2)12-14-9-7-13(8-10-14)11-15-19(17,18)6-3/h7-10,15H,4-6,11-12H2,1-3H3. The van der Waals surface area contributed by atoms with E-state index in [2.05, 4.69) is 35.6 Å². The number of hydrogen-bond donors (Lipinski definition) is 1. The van der Waals surface area contributed by atoms with Crippen molar-refractivity contribution in [3.8, 4) is 0 Å². The Kier molecular flexibility index (Phi) is 6.48. The lowest BCUT2D eigenvalue weighted by Gasteiger charge is -2.18.